The van der Waals surface area contributed by atoms with Gasteiger partial charge in [0.25, 0.3) is 0 Å². The maximum atomic E-state index is 3.41. The second-order valence-corrected chi connectivity index (χ2v) is 6.54. The van der Waals surface area contributed by atoms with Crippen LogP contribution in [0.25, 0.3) is 22.3 Å². The highest BCUT2D eigenvalue weighted by Gasteiger charge is 2.13. The smallest absolute Gasteiger partial charge is 0.0460 e. The van der Waals surface area contributed by atoms with E-state index in [2.05, 4.69) is 85.1 Å². The predicted molar refractivity (Wildman–Crippen MR) is 106 cm³/mol. The summed E-state index contributed by atoms with van der Waals surface area (Å²) in [7, 11) is 0. The summed E-state index contributed by atoms with van der Waals surface area (Å²) in [6.07, 6.45) is 3.93. The van der Waals surface area contributed by atoms with Gasteiger partial charge in [-0.25, -0.2) is 0 Å². The van der Waals surface area contributed by atoms with Crippen LogP contribution < -0.4 is 10.6 Å². The first-order valence-electron chi connectivity index (χ1n) is 8.68. The lowest BCUT2D eigenvalue weighted by atomic mass is 9.91. The Labute approximate surface area is 149 Å². The zero-order valence-corrected chi connectivity index (χ0v) is 14.6. The van der Waals surface area contributed by atoms with E-state index in [1.54, 1.807) is 0 Å². The van der Waals surface area contributed by atoms with E-state index in [1.807, 2.05) is 12.4 Å². The maximum Gasteiger partial charge on any atom is 0.0460 e. The van der Waals surface area contributed by atoms with Gasteiger partial charge < -0.3 is 10.6 Å². The van der Waals surface area contributed by atoms with Crippen LogP contribution in [0.4, 0.5) is 5.69 Å². The molecule has 0 bridgehead atoms. The van der Waals surface area contributed by atoms with Crippen LogP contribution in [0.15, 0.2) is 73.1 Å². The topological polar surface area (TPSA) is 24.1 Å². The van der Waals surface area contributed by atoms with Crippen LogP contribution in [0.3, 0.4) is 0 Å². The lowest BCUT2D eigenvalue weighted by molar-refractivity contribution is 0.872. The molecule has 4 rings (SSSR count). The van der Waals surface area contributed by atoms with Crippen LogP contribution in [-0.4, -0.2) is 0 Å². The Morgan fingerprint density at radius 3 is 2.40 bits per heavy atom. The molecule has 0 aliphatic carbocycles. The average Bonchev–Trinajstić information content (AvgIpc) is 2.70. The van der Waals surface area contributed by atoms with E-state index in [-0.39, 0.29) is 0 Å². The average molecular weight is 326 g/mol. The van der Waals surface area contributed by atoms with Crippen molar-refractivity contribution < 1.29 is 0 Å². The van der Waals surface area contributed by atoms with Gasteiger partial charge in [0.15, 0.2) is 0 Å². The van der Waals surface area contributed by atoms with Crippen molar-refractivity contribution in [2.75, 3.05) is 5.32 Å². The highest BCUT2D eigenvalue weighted by Crippen LogP contribution is 2.37. The number of rotatable bonds is 1. The number of anilines is 1. The summed E-state index contributed by atoms with van der Waals surface area (Å²) in [6, 6.07) is 21.8. The number of nitrogens with one attached hydrogen (secondary N) is 2. The fourth-order valence-corrected chi connectivity index (χ4v) is 3.61. The second kappa shape index (κ2) is 6.48. The highest BCUT2D eigenvalue weighted by molar-refractivity contribution is 5.86. The monoisotopic (exact) mass is 326 g/mol. The fourth-order valence-electron chi connectivity index (χ4n) is 3.61. The molecule has 1 heterocycles. The Morgan fingerprint density at radius 1 is 0.760 bits per heavy atom. The number of hydrogen-bond acceptors (Lipinski definition) is 2. The van der Waals surface area contributed by atoms with Crippen molar-refractivity contribution in [3.8, 4) is 22.3 Å². The van der Waals surface area contributed by atoms with Gasteiger partial charge in [-0.2, -0.15) is 0 Å². The minimum atomic E-state index is 0.821. The number of fused-ring (bicyclic) bond motifs is 3. The SMILES string of the molecule is Cc1cccc(C)c1-c1ccc2c(c1)-c1ccccc1CN/C=C\N2. The van der Waals surface area contributed by atoms with Gasteiger partial charge in [0.2, 0.25) is 0 Å². The molecule has 3 aromatic carbocycles. The van der Waals surface area contributed by atoms with Gasteiger partial charge in [-0.1, -0.05) is 48.5 Å². The van der Waals surface area contributed by atoms with Gasteiger partial charge in [-0.05, 0) is 59.4 Å². The molecule has 2 nitrogen and oxygen atoms in total. The molecule has 1 aliphatic heterocycles. The molecule has 0 unspecified atom stereocenters. The minimum Gasteiger partial charge on any atom is -0.386 e. The molecule has 124 valence electrons. The normalized spacial score (nSPS) is 14.0. The fraction of sp³-hybridized carbons (Fsp3) is 0.130. The summed E-state index contributed by atoms with van der Waals surface area (Å²) in [4.78, 5) is 0. The molecule has 3 aromatic rings. The summed E-state index contributed by atoms with van der Waals surface area (Å²) in [5.41, 5.74) is 10.2. The third-order valence-corrected chi connectivity index (χ3v) is 4.83. The van der Waals surface area contributed by atoms with E-state index in [4.69, 9.17) is 0 Å². The van der Waals surface area contributed by atoms with Crippen molar-refractivity contribution in [1.29, 1.82) is 0 Å². The van der Waals surface area contributed by atoms with E-state index < -0.39 is 0 Å². The molecule has 0 atom stereocenters. The van der Waals surface area contributed by atoms with Crippen LogP contribution in [0.2, 0.25) is 0 Å². The Kier molecular flexibility index (Phi) is 4.02. The molecule has 0 aromatic heterocycles. The highest BCUT2D eigenvalue weighted by atomic mass is 14.9. The Bertz CT molecular complexity index is 934. The van der Waals surface area contributed by atoms with Crippen LogP contribution in [0.1, 0.15) is 16.7 Å². The Morgan fingerprint density at radius 2 is 1.56 bits per heavy atom. The van der Waals surface area contributed by atoms with Gasteiger partial charge in [-0.15, -0.1) is 0 Å². The number of hydrogen-bond donors (Lipinski definition) is 2. The molecule has 0 fully saturated rings. The van der Waals surface area contributed by atoms with Crippen molar-refractivity contribution in [2.45, 2.75) is 20.4 Å². The molecule has 0 radical (unpaired) electrons. The Balaban J connectivity index is 1.95. The van der Waals surface area contributed by atoms with Crippen LogP contribution in [0.5, 0.6) is 0 Å². The molecule has 0 spiro atoms. The van der Waals surface area contributed by atoms with E-state index in [0.717, 1.165) is 12.2 Å². The van der Waals surface area contributed by atoms with Gasteiger partial charge in [0, 0.05) is 30.2 Å². The van der Waals surface area contributed by atoms with Crippen molar-refractivity contribution in [3.05, 3.63) is 89.8 Å². The van der Waals surface area contributed by atoms with Gasteiger partial charge in [-0.3, -0.25) is 0 Å². The largest absolute Gasteiger partial charge is 0.386 e. The summed E-state index contributed by atoms with van der Waals surface area (Å²) >= 11 is 0. The van der Waals surface area contributed by atoms with Crippen LogP contribution in [-0.2, 0) is 6.54 Å². The van der Waals surface area contributed by atoms with Crippen LogP contribution in [0, 0.1) is 13.8 Å². The maximum absolute atomic E-state index is 3.41. The first-order valence-corrected chi connectivity index (χ1v) is 8.68. The second-order valence-electron chi connectivity index (χ2n) is 6.54. The molecule has 0 amide bonds. The molecule has 2 N–H and O–H groups in total. The standard InChI is InChI=1S/C23H22N2/c1-16-6-5-7-17(2)23(16)18-10-11-22-21(14-18)20-9-4-3-8-19(20)15-24-12-13-25-22/h3-14,24-25H,15H2,1-2H3/b13-12-. The van der Waals surface area contributed by atoms with Crippen molar-refractivity contribution in [3.63, 3.8) is 0 Å². The van der Waals surface area contributed by atoms with Crippen molar-refractivity contribution in [1.82, 2.24) is 5.32 Å². The third-order valence-electron chi connectivity index (χ3n) is 4.83. The summed E-state index contributed by atoms with van der Waals surface area (Å²) in [5, 5.41) is 6.75. The van der Waals surface area contributed by atoms with E-state index in [0.29, 0.717) is 0 Å². The predicted octanol–water partition coefficient (Wildman–Crippen LogP) is 5.62. The summed E-state index contributed by atoms with van der Waals surface area (Å²) in [5.74, 6) is 0. The first-order chi connectivity index (χ1) is 12.2. The summed E-state index contributed by atoms with van der Waals surface area (Å²) < 4.78 is 0. The molecule has 1 aliphatic rings. The molecule has 25 heavy (non-hydrogen) atoms. The zero-order valence-electron chi connectivity index (χ0n) is 14.6. The van der Waals surface area contributed by atoms with Crippen molar-refractivity contribution >= 4 is 5.69 Å². The molecular formula is C23H22N2. The van der Waals surface area contributed by atoms with Gasteiger partial charge in [0.05, 0.1) is 0 Å². The quantitative estimate of drug-likeness (QED) is 0.606. The molecular weight excluding hydrogens is 304 g/mol. The third kappa shape index (κ3) is 2.91. The molecule has 0 saturated carbocycles. The number of benzene rings is 3. The van der Waals surface area contributed by atoms with Crippen LogP contribution >= 0.6 is 0 Å². The molecule has 0 saturated heterocycles. The lowest BCUT2D eigenvalue weighted by Crippen LogP contribution is -2.05. The van der Waals surface area contributed by atoms with E-state index in [1.165, 1.54) is 38.9 Å². The Hall–Kier alpha value is -3.00. The zero-order chi connectivity index (χ0) is 17.2. The van der Waals surface area contributed by atoms with Gasteiger partial charge in [0.1, 0.15) is 0 Å². The summed E-state index contributed by atoms with van der Waals surface area (Å²) in [6.45, 7) is 5.19. The minimum absolute atomic E-state index is 0.821. The number of aryl methyl sites for hydroxylation is 2. The van der Waals surface area contributed by atoms with Gasteiger partial charge >= 0.3 is 0 Å². The van der Waals surface area contributed by atoms with Crippen molar-refractivity contribution in [2.24, 2.45) is 0 Å². The van der Waals surface area contributed by atoms with E-state index >= 15 is 0 Å². The lowest BCUT2D eigenvalue weighted by Gasteiger charge is -2.16. The first kappa shape index (κ1) is 15.5. The van der Waals surface area contributed by atoms with E-state index in [9.17, 15) is 0 Å². The molecule has 2 heteroatoms.